The minimum Gasteiger partial charge on any atom is -0.367 e. The molecular weight excluding hydrogens is 244 g/mol. The second-order valence-electron chi connectivity index (χ2n) is 5.37. The van der Waals surface area contributed by atoms with Crippen molar-refractivity contribution in [1.82, 2.24) is 5.16 Å². The van der Waals surface area contributed by atoms with E-state index in [1.807, 2.05) is 6.07 Å². The molecule has 0 aromatic carbocycles. The van der Waals surface area contributed by atoms with Gasteiger partial charge in [0.2, 0.25) is 5.88 Å². The van der Waals surface area contributed by atoms with Crippen LogP contribution in [0.3, 0.4) is 0 Å². The van der Waals surface area contributed by atoms with E-state index >= 15 is 0 Å². The van der Waals surface area contributed by atoms with E-state index in [1.54, 1.807) is 11.3 Å². The van der Waals surface area contributed by atoms with Gasteiger partial charge in [0.05, 0.1) is 5.56 Å². The maximum atomic E-state index is 5.98. The molecule has 3 nitrogen and oxygen atoms in total. The lowest BCUT2D eigenvalue weighted by atomic mass is 9.72. The predicted molar refractivity (Wildman–Crippen MR) is 74.7 cm³/mol. The second kappa shape index (κ2) is 4.43. The third-order valence-electron chi connectivity index (χ3n) is 4.01. The second-order valence-corrected chi connectivity index (χ2v) is 6.32. The molecule has 96 valence electrons. The Bertz CT molecular complexity index is 524. The van der Waals surface area contributed by atoms with Crippen molar-refractivity contribution in [2.45, 2.75) is 44.4 Å². The lowest BCUT2D eigenvalue weighted by molar-refractivity contribution is 0.295. The highest BCUT2D eigenvalue weighted by atomic mass is 32.1. The zero-order valence-electron chi connectivity index (χ0n) is 10.6. The Hall–Kier alpha value is -1.29. The third-order valence-corrected chi connectivity index (χ3v) is 4.90. The van der Waals surface area contributed by atoms with Gasteiger partial charge in [-0.2, -0.15) is 0 Å². The summed E-state index contributed by atoms with van der Waals surface area (Å²) in [5.74, 6) is 0.458. The van der Waals surface area contributed by atoms with Crippen molar-refractivity contribution in [1.29, 1.82) is 0 Å². The van der Waals surface area contributed by atoms with Crippen molar-refractivity contribution in [2.75, 3.05) is 5.73 Å². The van der Waals surface area contributed by atoms with E-state index in [9.17, 15) is 0 Å². The molecule has 2 heterocycles. The summed E-state index contributed by atoms with van der Waals surface area (Å²) in [7, 11) is 0. The van der Waals surface area contributed by atoms with Crippen LogP contribution in [0.1, 0.15) is 44.7 Å². The molecule has 2 aromatic rings. The van der Waals surface area contributed by atoms with Crippen molar-refractivity contribution >= 4 is 17.2 Å². The van der Waals surface area contributed by atoms with Gasteiger partial charge in [-0.15, -0.1) is 11.3 Å². The van der Waals surface area contributed by atoms with E-state index in [2.05, 4.69) is 23.5 Å². The molecule has 1 fully saturated rings. The summed E-state index contributed by atoms with van der Waals surface area (Å²) in [5, 5.41) is 6.34. The standard InChI is InChI=1S/C14H18N2OS/c1-14(7-3-2-4-8-14)12-11(13(15)17-16-12)10-6-5-9-18-10/h5-6,9H,2-4,7-8,15H2,1H3. The third kappa shape index (κ3) is 1.85. The fraction of sp³-hybridized carbons (Fsp3) is 0.500. The number of anilines is 1. The first kappa shape index (κ1) is 11.8. The van der Waals surface area contributed by atoms with Gasteiger partial charge in [-0.3, -0.25) is 0 Å². The van der Waals surface area contributed by atoms with Gasteiger partial charge < -0.3 is 10.3 Å². The van der Waals surface area contributed by atoms with Crippen molar-refractivity contribution in [2.24, 2.45) is 0 Å². The van der Waals surface area contributed by atoms with E-state index in [-0.39, 0.29) is 5.41 Å². The number of nitrogen functional groups attached to an aromatic ring is 1. The highest BCUT2D eigenvalue weighted by molar-refractivity contribution is 7.13. The van der Waals surface area contributed by atoms with Gasteiger partial charge in [-0.25, -0.2) is 0 Å². The smallest absolute Gasteiger partial charge is 0.231 e. The highest BCUT2D eigenvalue weighted by Crippen LogP contribution is 2.45. The van der Waals surface area contributed by atoms with Gasteiger partial charge in [0.25, 0.3) is 0 Å². The van der Waals surface area contributed by atoms with Crippen LogP contribution < -0.4 is 5.73 Å². The van der Waals surface area contributed by atoms with E-state index in [0.717, 1.165) is 16.1 Å². The van der Waals surface area contributed by atoms with Gasteiger partial charge in [-0.1, -0.05) is 37.4 Å². The summed E-state index contributed by atoms with van der Waals surface area (Å²) >= 11 is 1.69. The molecule has 2 aromatic heterocycles. The molecule has 3 rings (SSSR count). The fourth-order valence-corrected chi connectivity index (χ4v) is 3.72. The normalized spacial score (nSPS) is 18.9. The lowest BCUT2D eigenvalue weighted by Gasteiger charge is -2.32. The number of aromatic nitrogens is 1. The molecule has 0 saturated heterocycles. The maximum absolute atomic E-state index is 5.98. The monoisotopic (exact) mass is 262 g/mol. The van der Waals surface area contributed by atoms with Gasteiger partial charge in [-0.05, 0) is 24.3 Å². The Morgan fingerprint density at radius 1 is 1.33 bits per heavy atom. The summed E-state index contributed by atoms with van der Waals surface area (Å²) in [6, 6.07) is 4.13. The molecule has 0 radical (unpaired) electrons. The average Bonchev–Trinajstić information content (AvgIpc) is 2.98. The van der Waals surface area contributed by atoms with Crippen LogP contribution in [0.5, 0.6) is 0 Å². The first-order valence-corrected chi connectivity index (χ1v) is 7.38. The van der Waals surface area contributed by atoms with Crippen LogP contribution in [-0.4, -0.2) is 5.16 Å². The number of hydrogen-bond acceptors (Lipinski definition) is 4. The minimum absolute atomic E-state index is 0.124. The predicted octanol–water partition coefficient (Wildman–Crippen LogP) is 4.21. The Morgan fingerprint density at radius 2 is 2.11 bits per heavy atom. The van der Waals surface area contributed by atoms with Crippen molar-refractivity contribution in [3.8, 4) is 10.4 Å². The molecule has 0 unspecified atom stereocenters. The Balaban J connectivity index is 2.07. The van der Waals surface area contributed by atoms with E-state index in [1.165, 1.54) is 32.1 Å². The lowest BCUT2D eigenvalue weighted by Crippen LogP contribution is -2.26. The van der Waals surface area contributed by atoms with Gasteiger partial charge in [0, 0.05) is 10.3 Å². The highest BCUT2D eigenvalue weighted by Gasteiger charge is 2.35. The van der Waals surface area contributed by atoms with Crippen LogP contribution >= 0.6 is 11.3 Å². The maximum Gasteiger partial charge on any atom is 0.231 e. The summed E-state index contributed by atoms with van der Waals surface area (Å²) in [5.41, 5.74) is 8.18. The molecule has 0 spiro atoms. The van der Waals surface area contributed by atoms with E-state index < -0.39 is 0 Å². The summed E-state index contributed by atoms with van der Waals surface area (Å²) in [4.78, 5) is 1.16. The van der Waals surface area contributed by atoms with Crippen LogP contribution in [0.2, 0.25) is 0 Å². The zero-order chi connectivity index (χ0) is 12.6. The molecule has 18 heavy (non-hydrogen) atoms. The van der Waals surface area contributed by atoms with Crippen LogP contribution in [0.4, 0.5) is 5.88 Å². The number of nitrogens with zero attached hydrogens (tertiary/aromatic N) is 1. The summed E-state index contributed by atoms with van der Waals surface area (Å²) in [6.07, 6.45) is 6.23. The first-order chi connectivity index (χ1) is 8.71. The molecule has 0 amide bonds. The number of hydrogen-bond donors (Lipinski definition) is 1. The number of rotatable bonds is 2. The topological polar surface area (TPSA) is 52.0 Å². The van der Waals surface area contributed by atoms with E-state index in [0.29, 0.717) is 5.88 Å². The fourth-order valence-electron chi connectivity index (χ4n) is 2.94. The summed E-state index contributed by atoms with van der Waals surface area (Å²) < 4.78 is 5.27. The molecule has 0 atom stereocenters. The Labute approximate surface area is 111 Å². The average molecular weight is 262 g/mol. The Morgan fingerprint density at radius 3 is 2.78 bits per heavy atom. The zero-order valence-corrected chi connectivity index (χ0v) is 11.4. The summed E-state index contributed by atoms with van der Waals surface area (Å²) in [6.45, 7) is 2.29. The molecule has 0 aliphatic heterocycles. The molecule has 1 aliphatic rings. The van der Waals surface area contributed by atoms with Gasteiger partial charge in [0.15, 0.2) is 0 Å². The van der Waals surface area contributed by atoms with Crippen molar-refractivity contribution < 1.29 is 4.52 Å². The largest absolute Gasteiger partial charge is 0.367 e. The van der Waals surface area contributed by atoms with Gasteiger partial charge >= 0.3 is 0 Å². The molecule has 0 bridgehead atoms. The van der Waals surface area contributed by atoms with Crippen molar-refractivity contribution in [3.05, 3.63) is 23.2 Å². The van der Waals surface area contributed by atoms with E-state index in [4.69, 9.17) is 10.3 Å². The quantitative estimate of drug-likeness (QED) is 0.882. The number of nitrogens with two attached hydrogens (primary N) is 1. The molecular formula is C14H18N2OS. The Kier molecular flexibility index (Phi) is 2.90. The van der Waals surface area contributed by atoms with Crippen LogP contribution in [-0.2, 0) is 5.41 Å². The van der Waals surface area contributed by atoms with Crippen LogP contribution in [0.15, 0.2) is 22.0 Å². The molecule has 2 N–H and O–H groups in total. The molecule has 4 heteroatoms. The van der Waals surface area contributed by atoms with Crippen molar-refractivity contribution in [3.63, 3.8) is 0 Å². The van der Waals surface area contributed by atoms with Gasteiger partial charge in [0.1, 0.15) is 5.69 Å². The molecule has 1 saturated carbocycles. The minimum atomic E-state index is 0.124. The first-order valence-electron chi connectivity index (χ1n) is 6.50. The van der Waals surface area contributed by atoms with Crippen LogP contribution in [0.25, 0.3) is 10.4 Å². The number of thiophene rings is 1. The van der Waals surface area contributed by atoms with Crippen LogP contribution in [0, 0.1) is 0 Å². The molecule has 1 aliphatic carbocycles. The SMILES string of the molecule is CC1(c2noc(N)c2-c2cccs2)CCCCC1.